The van der Waals surface area contributed by atoms with Crippen LogP contribution in [0.1, 0.15) is 30.2 Å². The van der Waals surface area contributed by atoms with Gasteiger partial charge in [0.15, 0.2) is 5.96 Å². The van der Waals surface area contributed by atoms with E-state index in [0.29, 0.717) is 6.54 Å². The van der Waals surface area contributed by atoms with Gasteiger partial charge in [-0.1, -0.05) is 18.2 Å². The summed E-state index contributed by atoms with van der Waals surface area (Å²) in [5.41, 5.74) is 1.21. The monoisotopic (exact) mass is 534 g/mol. The van der Waals surface area contributed by atoms with Gasteiger partial charge in [-0.15, -0.1) is 24.0 Å². The third-order valence-corrected chi connectivity index (χ3v) is 5.71. The van der Waals surface area contributed by atoms with Crippen molar-refractivity contribution < 1.29 is 9.15 Å². The van der Waals surface area contributed by atoms with Crippen LogP contribution in [0.3, 0.4) is 0 Å². The summed E-state index contributed by atoms with van der Waals surface area (Å²) >= 11 is 0. The van der Waals surface area contributed by atoms with Crippen LogP contribution in [-0.2, 0) is 6.54 Å². The highest BCUT2D eigenvalue weighted by Crippen LogP contribution is 2.25. The van der Waals surface area contributed by atoms with Crippen LogP contribution in [0, 0.1) is 0 Å². The Labute approximate surface area is 201 Å². The lowest BCUT2D eigenvalue weighted by atomic mass is 10.1. The summed E-state index contributed by atoms with van der Waals surface area (Å²) in [6.07, 6.45) is 4.25. The number of rotatable bonds is 7. The van der Waals surface area contributed by atoms with Crippen LogP contribution in [0.25, 0.3) is 10.8 Å². The summed E-state index contributed by atoms with van der Waals surface area (Å²) in [6, 6.07) is 16.8. The first-order valence-corrected chi connectivity index (χ1v) is 10.6. The van der Waals surface area contributed by atoms with Crippen molar-refractivity contribution in [3.05, 3.63) is 66.1 Å². The molecule has 4 rings (SSSR count). The van der Waals surface area contributed by atoms with Crippen LogP contribution in [0.5, 0.6) is 5.75 Å². The fourth-order valence-electron chi connectivity index (χ4n) is 4.05. The first kappa shape index (κ1) is 23.4. The maximum atomic E-state index is 5.71. The lowest BCUT2D eigenvalue weighted by Crippen LogP contribution is -2.42. The molecule has 0 spiro atoms. The molecule has 7 heteroatoms. The number of benzene rings is 2. The van der Waals surface area contributed by atoms with Gasteiger partial charge in [0.25, 0.3) is 0 Å². The van der Waals surface area contributed by atoms with Crippen molar-refractivity contribution >= 4 is 40.7 Å². The van der Waals surface area contributed by atoms with E-state index < -0.39 is 0 Å². The molecule has 0 bridgehead atoms. The topological polar surface area (TPSA) is 62.0 Å². The second-order valence-electron chi connectivity index (χ2n) is 7.63. The van der Waals surface area contributed by atoms with Crippen molar-refractivity contribution in [2.24, 2.45) is 4.99 Å². The second-order valence-corrected chi connectivity index (χ2v) is 7.63. The molecule has 2 N–H and O–H groups in total. The highest BCUT2D eigenvalue weighted by atomic mass is 127. The molecule has 3 aromatic rings. The number of fused-ring (bicyclic) bond motifs is 1. The van der Waals surface area contributed by atoms with Crippen LogP contribution in [0.4, 0.5) is 0 Å². The number of hydrogen-bond donors (Lipinski definition) is 2. The minimum absolute atomic E-state index is 0. The molecule has 2 aromatic carbocycles. The average molecular weight is 534 g/mol. The van der Waals surface area contributed by atoms with Gasteiger partial charge < -0.3 is 19.8 Å². The summed E-state index contributed by atoms with van der Waals surface area (Å²) in [6.45, 7) is 3.68. The van der Waals surface area contributed by atoms with Crippen LogP contribution in [-0.4, -0.2) is 44.7 Å². The van der Waals surface area contributed by atoms with Crippen molar-refractivity contribution in [2.45, 2.75) is 25.4 Å². The number of methoxy groups -OCH3 is 1. The minimum Gasteiger partial charge on any atom is -0.497 e. The summed E-state index contributed by atoms with van der Waals surface area (Å²) in [7, 11) is 3.50. The maximum absolute atomic E-state index is 5.71. The lowest BCUT2D eigenvalue weighted by Gasteiger charge is -2.26. The van der Waals surface area contributed by atoms with Gasteiger partial charge in [-0.2, -0.15) is 0 Å². The van der Waals surface area contributed by atoms with Gasteiger partial charge in [0, 0.05) is 20.1 Å². The molecule has 1 unspecified atom stereocenters. The van der Waals surface area contributed by atoms with Gasteiger partial charge >= 0.3 is 0 Å². The first-order chi connectivity index (χ1) is 14.8. The maximum Gasteiger partial charge on any atom is 0.191 e. The molecule has 1 fully saturated rings. The molecule has 166 valence electrons. The molecule has 1 aromatic heterocycles. The van der Waals surface area contributed by atoms with Crippen molar-refractivity contribution in [1.29, 1.82) is 0 Å². The standard InChI is InChI=1S/C24H30N4O2.HI/c1-25-24(27-17-22(23-6-5-13-30-23)28-11-3-4-12-28)26-16-18-7-8-20-15-21(29-2)10-9-19(20)14-18;/h5-10,13-15,22H,3-4,11-12,16-17H2,1-2H3,(H2,25,26,27);1H. The van der Waals surface area contributed by atoms with Crippen molar-refractivity contribution in [1.82, 2.24) is 15.5 Å². The Hall–Kier alpha value is -2.26. The smallest absolute Gasteiger partial charge is 0.191 e. The first-order valence-electron chi connectivity index (χ1n) is 10.6. The quantitative estimate of drug-likeness (QED) is 0.265. The molecular weight excluding hydrogens is 503 g/mol. The Kier molecular flexibility index (Phi) is 8.60. The van der Waals surface area contributed by atoms with Crippen LogP contribution >= 0.6 is 24.0 Å². The van der Waals surface area contributed by atoms with E-state index in [1.165, 1.54) is 29.2 Å². The van der Waals surface area contributed by atoms with E-state index in [4.69, 9.17) is 9.15 Å². The van der Waals surface area contributed by atoms with Crippen molar-refractivity contribution in [2.75, 3.05) is 33.8 Å². The van der Waals surface area contributed by atoms with E-state index in [9.17, 15) is 0 Å². The molecule has 2 heterocycles. The fourth-order valence-corrected chi connectivity index (χ4v) is 4.05. The third kappa shape index (κ3) is 5.92. The number of guanidine groups is 1. The number of aliphatic imine (C=N–C) groups is 1. The van der Waals surface area contributed by atoms with Crippen molar-refractivity contribution in [3.8, 4) is 5.75 Å². The Balaban J connectivity index is 0.00000272. The SMILES string of the molecule is CN=C(NCc1ccc2cc(OC)ccc2c1)NCC(c1ccco1)N1CCCC1.I. The number of nitrogens with one attached hydrogen (secondary N) is 2. The number of likely N-dealkylation sites (tertiary alicyclic amines) is 1. The van der Waals surface area contributed by atoms with Crippen molar-refractivity contribution in [3.63, 3.8) is 0 Å². The second kappa shape index (κ2) is 11.4. The highest BCUT2D eigenvalue weighted by molar-refractivity contribution is 14.0. The van der Waals surface area contributed by atoms with Gasteiger partial charge in [0.1, 0.15) is 11.5 Å². The predicted molar refractivity (Wildman–Crippen MR) is 136 cm³/mol. The summed E-state index contributed by atoms with van der Waals surface area (Å²) in [5.74, 6) is 2.67. The Morgan fingerprint density at radius 2 is 1.87 bits per heavy atom. The average Bonchev–Trinajstić information content (AvgIpc) is 3.50. The number of hydrogen-bond acceptors (Lipinski definition) is 4. The zero-order chi connectivity index (χ0) is 20.8. The minimum atomic E-state index is 0. The molecule has 31 heavy (non-hydrogen) atoms. The van der Waals surface area contributed by atoms with Crippen LogP contribution in [0.15, 0.2) is 64.2 Å². The van der Waals surface area contributed by atoms with Crippen LogP contribution < -0.4 is 15.4 Å². The number of furan rings is 1. The Bertz CT molecular complexity index is 984. The van der Waals surface area contributed by atoms with E-state index in [-0.39, 0.29) is 30.0 Å². The van der Waals surface area contributed by atoms with Gasteiger partial charge in [-0.3, -0.25) is 9.89 Å². The fraction of sp³-hybridized carbons (Fsp3) is 0.375. The molecule has 0 radical (unpaired) electrons. The summed E-state index contributed by atoms with van der Waals surface area (Å²) < 4.78 is 11.0. The van der Waals surface area contributed by atoms with E-state index in [1.807, 2.05) is 12.1 Å². The predicted octanol–water partition coefficient (Wildman–Crippen LogP) is 4.56. The van der Waals surface area contributed by atoms with E-state index in [0.717, 1.165) is 37.1 Å². The molecule has 1 saturated heterocycles. The molecular formula is C24H31IN4O2. The molecule has 1 aliphatic rings. The Morgan fingerprint density at radius 3 is 2.58 bits per heavy atom. The molecule has 1 aliphatic heterocycles. The zero-order valence-electron chi connectivity index (χ0n) is 18.1. The summed E-state index contributed by atoms with van der Waals surface area (Å²) in [5, 5.41) is 9.28. The third-order valence-electron chi connectivity index (χ3n) is 5.71. The molecule has 0 aliphatic carbocycles. The molecule has 6 nitrogen and oxygen atoms in total. The largest absolute Gasteiger partial charge is 0.497 e. The molecule has 0 saturated carbocycles. The highest BCUT2D eigenvalue weighted by Gasteiger charge is 2.25. The van der Waals surface area contributed by atoms with Crippen LogP contribution in [0.2, 0.25) is 0 Å². The normalized spacial score (nSPS) is 15.5. The number of halogens is 1. The Morgan fingerprint density at radius 1 is 1.10 bits per heavy atom. The van der Waals surface area contributed by atoms with Gasteiger partial charge in [0.2, 0.25) is 0 Å². The van der Waals surface area contributed by atoms with E-state index in [2.05, 4.69) is 56.9 Å². The van der Waals surface area contributed by atoms with Gasteiger partial charge in [-0.05, 0) is 72.6 Å². The number of ether oxygens (including phenoxy) is 1. The van der Waals surface area contributed by atoms with Gasteiger partial charge in [-0.25, -0.2) is 0 Å². The molecule has 1 atom stereocenters. The van der Waals surface area contributed by atoms with Gasteiger partial charge in [0.05, 0.1) is 19.4 Å². The lowest BCUT2D eigenvalue weighted by molar-refractivity contribution is 0.215. The zero-order valence-corrected chi connectivity index (χ0v) is 20.5. The number of nitrogens with zero attached hydrogens (tertiary/aromatic N) is 2. The summed E-state index contributed by atoms with van der Waals surface area (Å²) in [4.78, 5) is 6.88. The van der Waals surface area contributed by atoms with E-state index in [1.54, 1.807) is 20.4 Å². The molecule has 0 amide bonds. The van der Waals surface area contributed by atoms with E-state index >= 15 is 0 Å².